The van der Waals surface area contributed by atoms with Crippen molar-refractivity contribution in [1.29, 1.82) is 5.26 Å². The van der Waals surface area contributed by atoms with Crippen molar-refractivity contribution in [1.82, 2.24) is 0 Å². The molecule has 0 aliphatic heterocycles. The van der Waals surface area contributed by atoms with Crippen LogP contribution in [0.5, 0.6) is 0 Å². The van der Waals surface area contributed by atoms with Crippen molar-refractivity contribution in [2.24, 2.45) is 0 Å². The molecule has 1 fully saturated rings. The zero-order valence-electron chi connectivity index (χ0n) is 8.09. The van der Waals surface area contributed by atoms with Gasteiger partial charge in [0, 0.05) is 0 Å². The van der Waals surface area contributed by atoms with Gasteiger partial charge in [0.05, 0.1) is 11.5 Å². The summed E-state index contributed by atoms with van der Waals surface area (Å²) in [6.45, 7) is 4.17. The minimum Gasteiger partial charge on any atom is -0.197 e. The molecule has 1 aromatic rings. The molecule has 0 N–H and O–H groups in total. The van der Waals surface area contributed by atoms with Crippen LogP contribution < -0.4 is 0 Å². The Kier molecular flexibility index (Phi) is 1.66. The Morgan fingerprint density at radius 1 is 1.31 bits per heavy atom. The Morgan fingerprint density at radius 3 is 2.54 bits per heavy atom. The predicted molar refractivity (Wildman–Crippen MR) is 52.4 cm³/mol. The van der Waals surface area contributed by atoms with Crippen LogP contribution in [0.1, 0.15) is 29.5 Å². The summed E-state index contributed by atoms with van der Waals surface area (Å²) in [7, 11) is 0. The van der Waals surface area contributed by atoms with Crippen molar-refractivity contribution in [3.8, 4) is 6.07 Å². The molecule has 0 saturated heterocycles. The lowest BCUT2D eigenvalue weighted by Gasteiger charge is -2.10. The fourth-order valence-corrected chi connectivity index (χ4v) is 1.82. The molecule has 1 saturated carbocycles. The number of benzene rings is 1. The molecule has 1 aliphatic carbocycles. The third kappa shape index (κ3) is 1.23. The molecule has 0 radical (unpaired) electrons. The molecule has 0 unspecified atom stereocenters. The summed E-state index contributed by atoms with van der Waals surface area (Å²) in [5.41, 5.74) is 3.62. The third-order valence-corrected chi connectivity index (χ3v) is 2.87. The quantitative estimate of drug-likeness (QED) is 0.637. The van der Waals surface area contributed by atoms with Gasteiger partial charge in [-0.3, -0.25) is 0 Å². The van der Waals surface area contributed by atoms with E-state index >= 15 is 0 Å². The Hall–Kier alpha value is -1.29. The Morgan fingerprint density at radius 2 is 2.00 bits per heavy atom. The number of nitrogens with zero attached hydrogens (tertiary/aromatic N) is 1. The highest BCUT2D eigenvalue weighted by molar-refractivity contribution is 5.45. The lowest BCUT2D eigenvalue weighted by Crippen LogP contribution is -2.05. The van der Waals surface area contributed by atoms with Gasteiger partial charge >= 0.3 is 0 Å². The summed E-state index contributed by atoms with van der Waals surface area (Å²) in [6, 6.07) is 8.81. The van der Waals surface area contributed by atoms with E-state index in [0.717, 1.165) is 12.8 Å². The first-order valence-electron chi connectivity index (χ1n) is 4.67. The minimum absolute atomic E-state index is 0.129. The third-order valence-electron chi connectivity index (χ3n) is 2.87. The highest BCUT2D eigenvalue weighted by Crippen LogP contribution is 2.48. The summed E-state index contributed by atoms with van der Waals surface area (Å²) in [6.07, 6.45) is 2.07. The van der Waals surface area contributed by atoms with Crippen LogP contribution in [-0.4, -0.2) is 0 Å². The molecule has 1 aliphatic rings. The molecule has 13 heavy (non-hydrogen) atoms. The monoisotopic (exact) mass is 171 g/mol. The average molecular weight is 171 g/mol. The van der Waals surface area contributed by atoms with E-state index in [0.29, 0.717) is 0 Å². The molecular formula is C12H13N. The first-order chi connectivity index (χ1) is 6.18. The molecule has 0 heterocycles. The molecule has 0 spiro atoms. The molecule has 0 atom stereocenters. The lowest BCUT2D eigenvalue weighted by atomic mass is 9.92. The number of hydrogen-bond acceptors (Lipinski definition) is 1. The van der Waals surface area contributed by atoms with Gasteiger partial charge in [-0.25, -0.2) is 0 Å². The summed E-state index contributed by atoms with van der Waals surface area (Å²) in [5, 5.41) is 9.08. The van der Waals surface area contributed by atoms with Crippen molar-refractivity contribution < 1.29 is 0 Å². The lowest BCUT2D eigenvalue weighted by molar-refractivity contribution is 0.893. The van der Waals surface area contributed by atoms with Gasteiger partial charge in [-0.15, -0.1) is 0 Å². The average Bonchev–Trinajstić information content (AvgIpc) is 2.90. The maximum atomic E-state index is 9.08. The van der Waals surface area contributed by atoms with Crippen molar-refractivity contribution in [3.05, 3.63) is 34.9 Å². The van der Waals surface area contributed by atoms with Gasteiger partial charge < -0.3 is 0 Å². The van der Waals surface area contributed by atoms with Gasteiger partial charge in [-0.2, -0.15) is 5.26 Å². The Balaban J connectivity index is 2.52. The summed E-state index contributed by atoms with van der Waals surface area (Å²) >= 11 is 0. The highest BCUT2D eigenvalue weighted by atomic mass is 14.5. The van der Waals surface area contributed by atoms with Gasteiger partial charge in [0.2, 0.25) is 0 Å². The Labute approximate surface area is 79.0 Å². The van der Waals surface area contributed by atoms with Crippen LogP contribution >= 0.6 is 0 Å². The molecule has 66 valence electrons. The second-order valence-corrected chi connectivity index (χ2v) is 4.01. The summed E-state index contributed by atoms with van der Waals surface area (Å²) in [5.74, 6) is 0. The topological polar surface area (TPSA) is 23.8 Å². The number of rotatable bonds is 1. The summed E-state index contributed by atoms with van der Waals surface area (Å²) in [4.78, 5) is 0. The van der Waals surface area contributed by atoms with Crippen LogP contribution in [0.3, 0.4) is 0 Å². The zero-order chi connectivity index (χ0) is 9.47. The molecule has 0 aromatic heterocycles. The highest BCUT2D eigenvalue weighted by Gasteiger charge is 2.45. The van der Waals surface area contributed by atoms with E-state index in [-0.39, 0.29) is 5.41 Å². The van der Waals surface area contributed by atoms with E-state index in [1.54, 1.807) is 0 Å². The van der Waals surface area contributed by atoms with Crippen LogP contribution in [0.25, 0.3) is 0 Å². The summed E-state index contributed by atoms with van der Waals surface area (Å²) < 4.78 is 0. The van der Waals surface area contributed by atoms with Crippen molar-refractivity contribution in [2.75, 3.05) is 0 Å². The Bertz CT molecular complexity index is 381. The van der Waals surface area contributed by atoms with E-state index < -0.39 is 0 Å². The minimum atomic E-state index is -0.129. The fraction of sp³-hybridized carbons (Fsp3) is 0.417. The maximum absolute atomic E-state index is 9.08. The van der Waals surface area contributed by atoms with Crippen molar-refractivity contribution in [3.63, 3.8) is 0 Å². The molecule has 1 nitrogen and oxygen atoms in total. The molecule has 0 bridgehead atoms. The van der Waals surface area contributed by atoms with Crippen LogP contribution in [0.4, 0.5) is 0 Å². The van der Waals surface area contributed by atoms with Gasteiger partial charge in [0.15, 0.2) is 0 Å². The normalized spacial score (nSPS) is 17.9. The van der Waals surface area contributed by atoms with Crippen LogP contribution in [-0.2, 0) is 5.41 Å². The second-order valence-electron chi connectivity index (χ2n) is 4.01. The van der Waals surface area contributed by atoms with E-state index in [9.17, 15) is 0 Å². The second kappa shape index (κ2) is 2.60. The number of hydrogen-bond donors (Lipinski definition) is 0. The van der Waals surface area contributed by atoms with E-state index in [4.69, 9.17) is 5.26 Å². The SMILES string of the molecule is Cc1ccc(C)c(C2(C#N)CC2)c1. The molecular weight excluding hydrogens is 158 g/mol. The number of nitriles is 1. The fourth-order valence-electron chi connectivity index (χ4n) is 1.82. The van der Waals surface area contributed by atoms with E-state index in [1.807, 2.05) is 0 Å². The molecule has 1 heteroatoms. The van der Waals surface area contributed by atoms with Crippen molar-refractivity contribution in [2.45, 2.75) is 32.1 Å². The standard InChI is InChI=1S/C12H13N/c1-9-3-4-10(2)11(7-9)12(8-13)5-6-12/h3-4,7H,5-6H2,1-2H3. The van der Waals surface area contributed by atoms with Crippen LogP contribution in [0, 0.1) is 25.2 Å². The first-order valence-corrected chi connectivity index (χ1v) is 4.67. The largest absolute Gasteiger partial charge is 0.197 e. The van der Waals surface area contributed by atoms with Gasteiger partial charge in [0.1, 0.15) is 0 Å². The molecule has 0 amide bonds. The van der Waals surface area contributed by atoms with Crippen LogP contribution in [0.15, 0.2) is 18.2 Å². The van der Waals surface area contributed by atoms with Gasteiger partial charge in [0.25, 0.3) is 0 Å². The zero-order valence-corrected chi connectivity index (χ0v) is 8.09. The number of aryl methyl sites for hydroxylation is 2. The maximum Gasteiger partial charge on any atom is 0.0826 e. The molecule has 2 rings (SSSR count). The van der Waals surface area contributed by atoms with Crippen molar-refractivity contribution >= 4 is 0 Å². The van der Waals surface area contributed by atoms with E-state index in [1.165, 1.54) is 16.7 Å². The van der Waals surface area contributed by atoms with Crippen LogP contribution in [0.2, 0.25) is 0 Å². The molecule has 1 aromatic carbocycles. The predicted octanol–water partition coefficient (Wildman–Crippen LogP) is 2.86. The first kappa shape index (κ1) is 8.31. The smallest absolute Gasteiger partial charge is 0.0826 e. The van der Waals surface area contributed by atoms with Gasteiger partial charge in [-0.05, 0) is 37.8 Å². The van der Waals surface area contributed by atoms with E-state index in [2.05, 4.69) is 38.1 Å². The van der Waals surface area contributed by atoms with Gasteiger partial charge in [-0.1, -0.05) is 23.8 Å².